The van der Waals surface area contributed by atoms with Crippen molar-refractivity contribution in [1.82, 2.24) is 4.98 Å². The molecule has 3 aromatic heterocycles. The van der Waals surface area contributed by atoms with Gasteiger partial charge in [-0.2, -0.15) is 0 Å². The lowest BCUT2D eigenvalue weighted by Gasteiger charge is -2.02. The molecule has 0 bridgehead atoms. The van der Waals surface area contributed by atoms with Crippen LogP contribution in [0, 0.1) is 0 Å². The summed E-state index contributed by atoms with van der Waals surface area (Å²) in [6.07, 6.45) is 1.65. The van der Waals surface area contributed by atoms with Gasteiger partial charge >= 0.3 is 0 Å². The first kappa shape index (κ1) is 11.8. The van der Waals surface area contributed by atoms with Crippen LogP contribution < -0.4 is 5.32 Å². The third-order valence-electron chi connectivity index (χ3n) is 2.33. The van der Waals surface area contributed by atoms with E-state index in [0.29, 0.717) is 10.7 Å². The number of hydrogen-bond donors (Lipinski definition) is 1. The predicted molar refractivity (Wildman–Crippen MR) is 79.6 cm³/mol. The molecule has 0 aliphatic rings. The molecule has 0 radical (unpaired) electrons. The number of nitrogens with one attached hydrogen (secondary N) is 1. The van der Waals surface area contributed by atoms with E-state index in [1.165, 1.54) is 11.3 Å². The third kappa shape index (κ3) is 2.31. The van der Waals surface area contributed by atoms with Crippen molar-refractivity contribution in [3.05, 3.63) is 45.2 Å². The van der Waals surface area contributed by atoms with Crippen molar-refractivity contribution >= 4 is 59.7 Å². The summed E-state index contributed by atoms with van der Waals surface area (Å²) >= 11 is 6.48. The Morgan fingerprint density at radius 1 is 1.28 bits per heavy atom. The molecule has 0 saturated carbocycles. The largest absolute Gasteiger partial charge is 0.306 e. The van der Waals surface area contributed by atoms with Gasteiger partial charge in [0.1, 0.15) is 5.82 Å². The second-order valence-corrected chi connectivity index (χ2v) is 6.52. The maximum absolute atomic E-state index is 12.0. The van der Waals surface area contributed by atoms with Crippen molar-refractivity contribution in [1.29, 1.82) is 0 Å². The molecule has 3 aromatic rings. The summed E-state index contributed by atoms with van der Waals surface area (Å²) in [6.45, 7) is 0. The second kappa shape index (κ2) is 4.79. The fourth-order valence-electron chi connectivity index (χ4n) is 1.53. The van der Waals surface area contributed by atoms with E-state index >= 15 is 0 Å². The van der Waals surface area contributed by atoms with Crippen molar-refractivity contribution < 1.29 is 4.79 Å². The molecular weight excluding hydrogens is 332 g/mol. The molecule has 0 fully saturated rings. The van der Waals surface area contributed by atoms with Gasteiger partial charge in [0.05, 0.1) is 4.88 Å². The van der Waals surface area contributed by atoms with Gasteiger partial charge in [-0.05, 0) is 29.6 Å². The molecule has 6 heteroatoms. The molecule has 0 aliphatic carbocycles. The number of carbonyl (C=O) groups is 1. The number of aromatic nitrogens is 1. The Hall–Kier alpha value is -1.24. The highest BCUT2D eigenvalue weighted by molar-refractivity contribution is 9.10. The lowest BCUT2D eigenvalue weighted by molar-refractivity contribution is 0.103. The Morgan fingerprint density at radius 2 is 2.17 bits per heavy atom. The molecule has 1 amide bonds. The van der Waals surface area contributed by atoms with Gasteiger partial charge in [-0.3, -0.25) is 4.79 Å². The van der Waals surface area contributed by atoms with E-state index in [1.807, 2.05) is 23.6 Å². The highest BCUT2D eigenvalue weighted by Gasteiger charge is 2.11. The zero-order valence-electron chi connectivity index (χ0n) is 9.01. The first-order valence-electron chi connectivity index (χ1n) is 5.12. The van der Waals surface area contributed by atoms with Crippen LogP contribution in [0.15, 0.2) is 40.3 Å². The summed E-state index contributed by atoms with van der Waals surface area (Å²) in [5.41, 5.74) is 0. The summed E-state index contributed by atoms with van der Waals surface area (Å²) in [7, 11) is 0. The van der Waals surface area contributed by atoms with Crippen LogP contribution >= 0.6 is 38.6 Å². The van der Waals surface area contributed by atoms with E-state index in [0.717, 1.165) is 13.9 Å². The summed E-state index contributed by atoms with van der Waals surface area (Å²) in [4.78, 5) is 16.8. The fourth-order valence-corrected chi connectivity index (χ4v) is 3.87. The molecule has 0 atom stereocenters. The molecule has 3 nitrogen and oxygen atoms in total. The van der Waals surface area contributed by atoms with E-state index in [-0.39, 0.29) is 5.91 Å². The van der Waals surface area contributed by atoms with E-state index < -0.39 is 0 Å². The Labute approximate surface area is 120 Å². The van der Waals surface area contributed by atoms with Crippen molar-refractivity contribution in [2.45, 2.75) is 0 Å². The average molecular weight is 339 g/mol. The number of hydrogen-bond acceptors (Lipinski definition) is 4. The zero-order chi connectivity index (χ0) is 12.5. The topological polar surface area (TPSA) is 42.0 Å². The monoisotopic (exact) mass is 338 g/mol. The number of fused-ring (bicyclic) bond motifs is 1. The fraction of sp³-hybridized carbons (Fsp3) is 0. The van der Waals surface area contributed by atoms with Crippen LogP contribution in [0.2, 0.25) is 0 Å². The maximum Gasteiger partial charge on any atom is 0.266 e. The molecule has 0 aromatic carbocycles. The lowest BCUT2D eigenvalue weighted by Crippen LogP contribution is -2.11. The van der Waals surface area contributed by atoms with E-state index in [2.05, 4.69) is 26.2 Å². The smallest absolute Gasteiger partial charge is 0.266 e. The summed E-state index contributed by atoms with van der Waals surface area (Å²) in [5.74, 6) is 0.431. The quantitative estimate of drug-likeness (QED) is 0.753. The van der Waals surface area contributed by atoms with E-state index in [1.54, 1.807) is 23.6 Å². The number of rotatable bonds is 2. The molecular formula is C12H7BrN2OS2. The van der Waals surface area contributed by atoms with Crippen LogP contribution in [-0.4, -0.2) is 10.9 Å². The van der Waals surface area contributed by atoms with Gasteiger partial charge in [0.2, 0.25) is 0 Å². The standard InChI is InChI=1S/C12H7BrN2OS2/c13-7-1-3-14-11(5-7)15-12(16)10-6-9-8(18-10)2-4-17-9/h1-6H,(H,14,15,16). The average Bonchev–Trinajstić information content (AvgIpc) is 2.88. The van der Waals surface area contributed by atoms with Gasteiger partial charge in [-0.25, -0.2) is 4.98 Å². The van der Waals surface area contributed by atoms with Crippen LogP contribution in [0.25, 0.3) is 9.40 Å². The molecule has 3 heterocycles. The maximum atomic E-state index is 12.0. The molecule has 0 unspecified atom stereocenters. The Balaban J connectivity index is 1.85. The third-order valence-corrected chi connectivity index (χ3v) is 4.91. The number of pyridine rings is 1. The molecule has 3 rings (SSSR count). The Morgan fingerprint density at radius 3 is 2.94 bits per heavy atom. The molecule has 18 heavy (non-hydrogen) atoms. The zero-order valence-corrected chi connectivity index (χ0v) is 12.2. The number of nitrogens with zero attached hydrogens (tertiary/aromatic N) is 1. The van der Waals surface area contributed by atoms with Crippen molar-refractivity contribution in [3.63, 3.8) is 0 Å². The van der Waals surface area contributed by atoms with Gasteiger partial charge in [0, 0.05) is 20.1 Å². The minimum atomic E-state index is -0.117. The van der Waals surface area contributed by atoms with E-state index in [4.69, 9.17) is 0 Å². The van der Waals surface area contributed by atoms with Crippen LogP contribution in [0.1, 0.15) is 9.67 Å². The molecule has 90 valence electrons. The van der Waals surface area contributed by atoms with Crippen molar-refractivity contribution in [2.75, 3.05) is 5.32 Å². The molecule has 1 N–H and O–H groups in total. The number of carbonyl (C=O) groups excluding carboxylic acids is 1. The molecule has 0 spiro atoms. The SMILES string of the molecule is O=C(Nc1cc(Br)ccn1)c1cc2sccc2s1. The van der Waals surface area contributed by atoms with Crippen LogP contribution in [0.3, 0.4) is 0 Å². The van der Waals surface area contributed by atoms with Crippen LogP contribution in [0.4, 0.5) is 5.82 Å². The number of thiophene rings is 2. The van der Waals surface area contributed by atoms with Gasteiger partial charge in [0.15, 0.2) is 0 Å². The van der Waals surface area contributed by atoms with Gasteiger partial charge < -0.3 is 5.32 Å². The first-order valence-corrected chi connectivity index (χ1v) is 7.61. The summed E-state index contributed by atoms with van der Waals surface area (Å²) in [5, 5.41) is 4.81. The minimum Gasteiger partial charge on any atom is -0.306 e. The number of amides is 1. The number of halogens is 1. The molecule has 0 aliphatic heterocycles. The predicted octanol–water partition coefficient (Wildman–Crippen LogP) is 4.37. The van der Waals surface area contributed by atoms with Crippen molar-refractivity contribution in [3.8, 4) is 0 Å². The Bertz CT molecular complexity index is 691. The van der Waals surface area contributed by atoms with Crippen LogP contribution in [-0.2, 0) is 0 Å². The highest BCUT2D eigenvalue weighted by atomic mass is 79.9. The second-order valence-electron chi connectivity index (χ2n) is 3.57. The first-order chi connectivity index (χ1) is 8.72. The Kier molecular flexibility index (Phi) is 3.15. The highest BCUT2D eigenvalue weighted by Crippen LogP contribution is 2.30. The minimum absolute atomic E-state index is 0.117. The molecule has 0 saturated heterocycles. The number of anilines is 1. The van der Waals surface area contributed by atoms with Gasteiger partial charge in [0.25, 0.3) is 5.91 Å². The van der Waals surface area contributed by atoms with Gasteiger partial charge in [-0.15, -0.1) is 22.7 Å². The van der Waals surface area contributed by atoms with Gasteiger partial charge in [-0.1, -0.05) is 15.9 Å². The normalized spacial score (nSPS) is 10.7. The lowest BCUT2D eigenvalue weighted by atomic mass is 10.4. The van der Waals surface area contributed by atoms with Crippen molar-refractivity contribution in [2.24, 2.45) is 0 Å². The van der Waals surface area contributed by atoms with Crippen LogP contribution in [0.5, 0.6) is 0 Å². The summed E-state index contributed by atoms with van der Waals surface area (Å²) in [6, 6.07) is 7.53. The van der Waals surface area contributed by atoms with E-state index in [9.17, 15) is 4.79 Å². The summed E-state index contributed by atoms with van der Waals surface area (Å²) < 4.78 is 3.18.